The fourth-order valence-electron chi connectivity index (χ4n) is 1.29. The molecule has 2 aromatic rings. The van der Waals surface area contributed by atoms with Gasteiger partial charge in [0, 0.05) is 4.88 Å². The average molecular weight is 379 g/mol. The van der Waals surface area contributed by atoms with E-state index in [-0.39, 0.29) is 5.56 Å². The normalized spacial score (nSPS) is 10.8. The van der Waals surface area contributed by atoms with E-state index in [2.05, 4.69) is 41.9 Å². The summed E-state index contributed by atoms with van der Waals surface area (Å²) in [5.41, 5.74) is 0.846. The molecule has 0 fully saturated rings. The summed E-state index contributed by atoms with van der Waals surface area (Å²) in [5, 5.41) is 4.96. The van der Waals surface area contributed by atoms with Gasteiger partial charge in [-0.15, -0.1) is 11.3 Å². The lowest BCUT2D eigenvalue weighted by molar-refractivity contribution is 0.630. The average Bonchev–Trinajstić information content (AvgIpc) is 2.59. The van der Waals surface area contributed by atoms with E-state index in [4.69, 9.17) is 0 Å². The minimum atomic E-state index is -0.162. The van der Waals surface area contributed by atoms with Crippen LogP contribution in [-0.4, -0.2) is 14.8 Å². The van der Waals surface area contributed by atoms with Gasteiger partial charge in [0.25, 0.3) is 5.56 Å². The number of nitrogens with zero attached hydrogens (tertiary/aromatic N) is 3. The molecule has 0 atom stereocenters. The third-order valence-electron chi connectivity index (χ3n) is 2.30. The maximum absolute atomic E-state index is 11.9. The van der Waals surface area contributed by atoms with Gasteiger partial charge in [-0.25, -0.2) is 9.67 Å². The first-order valence-electron chi connectivity index (χ1n) is 4.83. The minimum Gasteiger partial charge on any atom is -0.266 e. The quantitative estimate of drug-likeness (QED) is 0.807. The van der Waals surface area contributed by atoms with Crippen LogP contribution in [0.15, 0.2) is 19.9 Å². The van der Waals surface area contributed by atoms with Crippen LogP contribution in [-0.2, 0) is 6.54 Å². The highest BCUT2D eigenvalue weighted by molar-refractivity contribution is 9.13. The number of halogens is 2. The fourth-order valence-corrected chi connectivity index (χ4v) is 2.78. The van der Waals surface area contributed by atoms with Gasteiger partial charge in [-0.3, -0.25) is 4.79 Å². The van der Waals surface area contributed by atoms with Crippen molar-refractivity contribution in [2.24, 2.45) is 0 Å². The molecule has 0 aromatic carbocycles. The van der Waals surface area contributed by atoms with Crippen molar-refractivity contribution < 1.29 is 0 Å². The molecule has 17 heavy (non-hydrogen) atoms. The molecule has 0 bridgehead atoms. The van der Waals surface area contributed by atoms with Crippen LogP contribution in [0.25, 0.3) is 0 Å². The van der Waals surface area contributed by atoms with Crippen LogP contribution >= 0.6 is 43.2 Å². The molecule has 0 aliphatic rings. The lowest BCUT2D eigenvalue weighted by Gasteiger charge is -2.02. The zero-order chi connectivity index (χ0) is 12.6. The second-order valence-corrected chi connectivity index (χ2v) is 6.45. The summed E-state index contributed by atoms with van der Waals surface area (Å²) < 4.78 is 2.54. The zero-order valence-electron chi connectivity index (χ0n) is 9.20. The van der Waals surface area contributed by atoms with Crippen molar-refractivity contribution in [2.75, 3.05) is 0 Å². The Hall–Kier alpha value is -0.530. The van der Waals surface area contributed by atoms with E-state index in [0.29, 0.717) is 15.5 Å². The van der Waals surface area contributed by atoms with E-state index in [1.807, 2.05) is 13.8 Å². The Kier molecular flexibility index (Phi) is 3.79. The third-order valence-corrected chi connectivity index (χ3v) is 5.26. The van der Waals surface area contributed by atoms with Crippen LogP contribution < -0.4 is 5.56 Å². The van der Waals surface area contributed by atoms with Gasteiger partial charge < -0.3 is 0 Å². The highest BCUT2D eigenvalue weighted by Gasteiger charge is 2.09. The van der Waals surface area contributed by atoms with Crippen molar-refractivity contribution in [3.05, 3.63) is 41.1 Å². The van der Waals surface area contributed by atoms with Crippen LogP contribution in [0.4, 0.5) is 0 Å². The SMILES string of the molecule is Cc1nc(Cn2ncc(Br)c(Br)c2=O)sc1C. The van der Waals surface area contributed by atoms with Gasteiger partial charge in [-0.05, 0) is 45.7 Å². The van der Waals surface area contributed by atoms with Crippen LogP contribution in [0.1, 0.15) is 15.6 Å². The molecule has 0 aliphatic carbocycles. The zero-order valence-corrected chi connectivity index (χ0v) is 13.2. The highest BCUT2D eigenvalue weighted by atomic mass is 79.9. The van der Waals surface area contributed by atoms with Gasteiger partial charge in [0.05, 0.1) is 22.9 Å². The predicted octanol–water partition coefficient (Wildman–Crippen LogP) is 2.89. The van der Waals surface area contributed by atoms with Crippen molar-refractivity contribution in [3.8, 4) is 0 Å². The van der Waals surface area contributed by atoms with Gasteiger partial charge >= 0.3 is 0 Å². The smallest absolute Gasteiger partial charge is 0.266 e. The Morgan fingerprint density at radius 1 is 1.41 bits per heavy atom. The van der Waals surface area contributed by atoms with Crippen molar-refractivity contribution in [2.45, 2.75) is 20.4 Å². The Morgan fingerprint density at radius 3 is 2.71 bits per heavy atom. The molecule has 0 saturated carbocycles. The number of aromatic nitrogens is 3. The second-order valence-electron chi connectivity index (χ2n) is 3.52. The Balaban J connectivity index is 2.37. The van der Waals surface area contributed by atoms with Crippen molar-refractivity contribution >= 4 is 43.2 Å². The first-order valence-corrected chi connectivity index (χ1v) is 7.23. The van der Waals surface area contributed by atoms with E-state index in [0.717, 1.165) is 10.7 Å². The molecule has 2 rings (SSSR count). The summed E-state index contributed by atoms with van der Waals surface area (Å²) in [6, 6.07) is 0. The first kappa shape index (κ1) is 12.9. The molecule has 0 amide bonds. The number of thiazole rings is 1. The van der Waals surface area contributed by atoms with Crippen molar-refractivity contribution in [3.63, 3.8) is 0 Å². The molecular formula is C10H9Br2N3OS. The monoisotopic (exact) mass is 377 g/mol. The van der Waals surface area contributed by atoms with Gasteiger partial charge in [-0.2, -0.15) is 5.10 Å². The van der Waals surface area contributed by atoms with Gasteiger partial charge in [-0.1, -0.05) is 0 Å². The molecule has 0 N–H and O–H groups in total. The number of aryl methyl sites for hydroxylation is 2. The topological polar surface area (TPSA) is 47.8 Å². The molecule has 0 spiro atoms. The van der Waals surface area contributed by atoms with Crippen LogP contribution in [0.2, 0.25) is 0 Å². The van der Waals surface area contributed by atoms with Crippen LogP contribution in [0, 0.1) is 13.8 Å². The van der Waals surface area contributed by atoms with E-state index in [1.165, 1.54) is 9.56 Å². The van der Waals surface area contributed by atoms with Gasteiger partial charge in [0.2, 0.25) is 0 Å². The Bertz CT molecular complexity index is 601. The number of rotatable bonds is 2. The fraction of sp³-hybridized carbons (Fsp3) is 0.300. The number of hydrogen-bond acceptors (Lipinski definition) is 4. The molecule has 0 saturated heterocycles. The molecule has 4 nitrogen and oxygen atoms in total. The Morgan fingerprint density at radius 2 is 2.12 bits per heavy atom. The summed E-state index contributed by atoms with van der Waals surface area (Å²) in [4.78, 5) is 17.4. The van der Waals surface area contributed by atoms with Gasteiger partial charge in [0.1, 0.15) is 9.48 Å². The standard InChI is InChI=1S/C10H9Br2N3OS/c1-5-6(2)17-8(14-5)4-15-10(16)9(12)7(11)3-13-15/h3H,4H2,1-2H3. The molecule has 2 aromatic heterocycles. The maximum Gasteiger partial charge on any atom is 0.282 e. The molecule has 90 valence electrons. The van der Waals surface area contributed by atoms with E-state index >= 15 is 0 Å². The molecule has 2 heterocycles. The van der Waals surface area contributed by atoms with Gasteiger partial charge in [0.15, 0.2) is 0 Å². The highest BCUT2D eigenvalue weighted by Crippen LogP contribution is 2.19. The van der Waals surface area contributed by atoms with Crippen LogP contribution in [0.5, 0.6) is 0 Å². The third kappa shape index (κ3) is 2.66. The van der Waals surface area contributed by atoms with Crippen molar-refractivity contribution in [1.82, 2.24) is 14.8 Å². The molecule has 0 aliphatic heterocycles. The Labute approximate surface area is 119 Å². The predicted molar refractivity (Wildman–Crippen MR) is 74.6 cm³/mol. The molecule has 0 unspecified atom stereocenters. The van der Waals surface area contributed by atoms with Crippen molar-refractivity contribution in [1.29, 1.82) is 0 Å². The van der Waals surface area contributed by atoms with Crippen LogP contribution in [0.3, 0.4) is 0 Å². The molecule has 0 radical (unpaired) electrons. The summed E-state index contributed by atoms with van der Waals surface area (Å²) in [6.07, 6.45) is 1.60. The van der Waals surface area contributed by atoms with E-state index < -0.39 is 0 Å². The second kappa shape index (κ2) is 4.99. The summed E-state index contributed by atoms with van der Waals surface area (Å²) in [6.45, 7) is 4.39. The lowest BCUT2D eigenvalue weighted by Crippen LogP contribution is -2.24. The molecular weight excluding hydrogens is 370 g/mol. The number of hydrogen-bond donors (Lipinski definition) is 0. The van der Waals surface area contributed by atoms with E-state index in [9.17, 15) is 4.79 Å². The summed E-state index contributed by atoms with van der Waals surface area (Å²) in [7, 11) is 0. The molecule has 7 heteroatoms. The first-order chi connectivity index (χ1) is 7.99. The maximum atomic E-state index is 11.9. The van der Waals surface area contributed by atoms with E-state index in [1.54, 1.807) is 17.5 Å². The minimum absolute atomic E-state index is 0.162. The lowest BCUT2D eigenvalue weighted by atomic mass is 10.4. The summed E-state index contributed by atoms with van der Waals surface area (Å²) in [5.74, 6) is 0. The largest absolute Gasteiger partial charge is 0.282 e. The summed E-state index contributed by atoms with van der Waals surface area (Å²) >= 11 is 8.06.